The summed E-state index contributed by atoms with van der Waals surface area (Å²) in [6.45, 7) is 2.32. The van der Waals surface area contributed by atoms with Crippen molar-refractivity contribution in [3.8, 4) is 0 Å². The van der Waals surface area contributed by atoms with Crippen LogP contribution in [-0.4, -0.2) is 25.1 Å². The summed E-state index contributed by atoms with van der Waals surface area (Å²) in [5.41, 5.74) is 0. The molecule has 0 saturated heterocycles. The van der Waals surface area contributed by atoms with Gasteiger partial charge in [0.15, 0.2) is 6.17 Å². The van der Waals surface area contributed by atoms with Crippen LogP contribution in [0.25, 0.3) is 0 Å². The SMILES string of the molecule is CCOC1CCC(C2CCCCC2)C(F)C1F. The van der Waals surface area contributed by atoms with Crippen LogP contribution in [0.2, 0.25) is 0 Å². The average molecular weight is 246 g/mol. The van der Waals surface area contributed by atoms with E-state index < -0.39 is 18.4 Å². The van der Waals surface area contributed by atoms with Gasteiger partial charge in [0, 0.05) is 6.61 Å². The van der Waals surface area contributed by atoms with Crippen LogP contribution in [0.1, 0.15) is 51.9 Å². The van der Waals surface area contributed by atoms with E-state index in [1.807, 2.05) is 6.92 Å². The first-order valence-corrected chi connectivity index (χ1v) is 7.13. The lowest BCUT2D eigenvalue weighted by molar-refractivity contribution is -0.0834. The summed E-state index contributed by atoms with van der Waals surface area (Å²) in [6, 6.07) is 0. The highest BCUT2D eigenvalue weighted by molar-refractivity contribution is 4.92. The summed E-state index contributed by atoms with van der Waals surface area (Å²) in [4.78, 5) is 0. The Morgan fingerprint density at radius 2 is 1.65 bits per heavy atom. The highest BCUT2D eigenvalue weighted by Gasteiger charge is 2.43. The average Bonchev–Trinajstić information content (AvgIpc) is 2.36. The van der Waals surface area contributed by atoms with Crippen LogP contribution in [0.3, 0.4) is 0 Å². The molecule has 2 fully saturated rings. The largest absolute Gasteiger partial charge is 0.375 e. The summed E-state index contributed by atoms with van der Waals surface area (Å²) in [7, 11) is 0. The molecular weight excluding hydrogens is 222 g/mol. The van der Waals surface area contributed by atoms with Gasteiger partial charge < -0.3 is 4.74 Å². The Bertz CT molecular complexity index is 228. The standard InChI is InChI=1S/C14H24F2O/c1-2-17-12-9-8-11(13(15)14(12)16)10-6-4-3-5-7-10/h10-14H,2-9H2,1H3. The number of hydrogen-bond acceptors (Lipinski definition) is 1. The number of alkyl halides is 2. The van der Waals surface area contributed by atoms with Crippen molar-refractivity contribution in [3.05, 3.63) is 0 Å². The van der Waals surface area contributed by atoms with Crippen LogP contribution < -0.4 is 0 Å². The second-order valence-corrected chi connectivity index (χ2v) is 5.52. The molecule has 2 aliphatic rings. The van der Waals surface area contributed by atoms with Gasteiger partial charge >= 0.3 is 0 Å². The fourth-order valence-corrected chi connectivity index (χ4v) is 3.56. The molecule has 17 heavy (non-hydrogen) atoms. The van der Waals surface area contributed by atoms with Gasteiger partial charge in [-0.2, -0.15) is 0 Å². The van der Waals surface area contributed by atoms with E-state index in [2.05, 4.69) is 0 Å². The van der Waals surface area contributed by atoms with Crippen LogP contribution in [0, 0.1) is 11.8 Å². The Labute approximate surface area is 103 Å². The quantitative estimate of drug-likeness (QED) is 0.729. The van der Waals surface area contributed by atoms with Crippen molar-refractivity contribution >= 4 is 0 Å². The van der Waals surface area contributed by atoms with E-state index in [9.17, 15) is 8.78 Å². The lowest BCUT2D eigenvalue weighted by Gasteiger charge is -2.39. The number of ether oxygens (including phenoxy) is 1. The van der Waals surface area contributed by atoms with E-state index in [1.54, 1.807) is 0 Å². The second kappa shape index (κ2) is 6.12. The van der Waals surface area contributed by atoms with E-state index in [4.69, 9.17) is 4.74 Å². The highest BCUT2D eigenvalue weighted by Crippen LogP contribution is 2.41. The summed E-state index contributed by atoms with van der Waals surface area (Å²) < 4.78 is 33.4. The van der Waals surface area contributed by atoms with E-state index in [1.165, 1.54) is 19.3 Å². The van der Waals surface area contributed by atoms with Crippen LogP contribution in [0.15, 0.2) is 0 Å². The van der Waals surface area contributed by atoms with Gasteiger partial charge in [-0.3, -0.25) is 0 Å². The smallest absolute Gasteiger partial charge is 0.157 e. The molecule has 1 nitrogen and oxygen atoms in total. The molecule has 0 N–H and O–H groups in total. The van der Waals surface area contributed by atoms with Crippen molar-refractivity contribution in [1.29, 1.82) is 0 Å². The first kappa shape index (κ1) is 13.3. The molecule has 3 heteroatoms. The highest BCUT2D eigenvalue weighted by atomic mass is 19.2. The maximum Gasteiger partial charge on any atom is 0.157 e. The number of hydrogen-bond donors (Lipinski definition) is 0. The second-order valence-electron chi connectivity index (χ2n) is 5.52. The van der Waals surface area contributed by atoms with Gasteiger partial charge in [0.05, 0.1) is 6.10 Å². The summed E-state index contributed by atoms with van der Waals surface area (Å²) in [5, 5.41) is 0. The van der Waals surface area contributed by atoms with Crippen LogP contribution in [0.4, 0.5) is 8.78 Å². The summed E-state index contributed by atoms with van der Waals surface area (Å²) in [6.07, 6.45) is 4.12. The third-order valence-corrected chi connectivity index (χ3v) is 4.49. The molecule has 0 bridgehead atoms. The van der Waals surface area contributed by atoms with Crippen molar-refractivity contribution in [3.63, 3.8) is 0 Å². The fourth-order valence-electron chi connectivity index (χ4n) is 3.56. The Kier molecular flexibility index (Phi) is 4.78. The molecule has 4 unspecified atom stereocenters. The fraction of sp³-hybridized carbons (Fsp3) is 1.00. The Morgan fingerprint density at radius 1 is 0.941 bits per heavy atom. The van der Waals surface area contributed by atoms with Gasteiger partial charge in [0.1, 0.15) is 6.17 Å². The van der Waals surface area contributed by atoms with E-state index in [0.717, 1.165) is 19.3 Å². The topological polar surface area (TPSA) is 9.23 Å². The van der Waals surface area contributed by atoms with Gasteiger partial charge in [-0.15, -0.1) is 0 Å². The minimum atomic E-state index is -1.41. The first-order chi connectivity index (χ1) is 8.24. The van der Waals surface area contributed by atoms with Crippen LogP contribution in [0.5, 0.6) is 0 Å². The molecule has 2 rings (SSSR count). The van der Waals surface area contributed by atoms with Crippen molar-refractivity contribution in [2.24, 2.45) is 11.8 Å². The molecule has 0 aromatic carbocycles. The zero-order valence-electron chi connectivity index (χ0n) is 10.7. The van der Waals surface area contributed by atoms with E-state index >= 15 is 0 Å². The van der Waals surface area contributed by atoms with Gasteiger partial charge in [-0.1, -0.05) is 32.1 Å². The van der Waals surface area contributed by atoms with Crippen molar-refractivity contribution in [1.82, 2.24) is 0 Å². The summed E-state index contributed by atoms with van der Waals surface area (Å²) in [5.74, 6) is 0.363. The number of rotatable bonds is 3. The Hall–Kier alpha value is -0.180. The lowest BCUT2D eigenvalue weighted by atomic mass is 9.71. The van der Waals surface area contributed by atoms with Gasteiger partial charge in [-0.05, 0) is 31.6 Å². The predicted molar refractivity (Wildman–Crippen MR) is 64.5 cm³/mol. The molecule has 100 valence electrons. The van der Waals surface area contributed by atoms with Gasteiger partial charge in [-0.25, -0.2) is 8.78 Å². The molecule has 2 aliphatic carbocycles. The monoisotopic (exact) mass is 246 g/mol. The van der Waals surface area contributed by atoms with Crippen molar-refractivity contribution in [2.75, 3.05) is 6.61 Å². The number of halogens is 2. The molecule has 0 radical (unpaired) electrons. The van der Waals surface area contributed by atoms with Crippen LogP contribution in [-0.2, 0) is 4.74 Å². The maximum absolute atomic E-state index is 14.1. The first-order valence-electron chi connectivity index (χ1n) is 7.13. The molecule has 0 heterocycles. The molecule has 0 aliphatic heterocycles. The molecule has 0 aromatic heterocycles. The lowest BCUT2D eigenvalue weighted by Crippen LogP contribution is -2.45. The molecule has 0 aromatic rings. The zero-order valence-corrected chi connectivity index (χ0v) is 10.7. The van der Waals surface area contributed by atoms with Crippen LogP contribution >= 0.6 is 0 Å². The molecule has 2 saturated carbocycles. The minimum absolute atomic E-state index is 0.0537. The predicted octanol–water partition coefficient (Wildman–Crippen LogP) is 4.06. The third kappa shape index (κ3) is 2.98. The van der Waals surface area contributed by atoms with E-state index in [-0.39, 0.29) is 5.92 Å². The van der Waals surface area contributed by atoms with Gasteiger partial charge in [0.2, 0.25) is 0 Å². The molecule has 4 atom stereocenters. The maximum atomic E-state index is 14.1. The van der Waals surface area contributed by atoms with Gasteiger partial charge in [0.25, 0.3) is 0 Å². The zero-order chi connectivity index (χ0) is 12.3. The minimum Gasteiger partial charge on any atom is -0.375 e. The normalized spacial score (nSPS) is 40.4. The molecule has 0 amide bonds. The van der Waals surface area contributed by atoms with E-state index in [0.29, 0.717) is 18.9 Å². The molecular formula is C14H24F2O. The van der Waals surface area contributed by atoms with Crippen molar-refractivity contribution in [2.45, 2.75) is 70.3 Å². The van der Waals surface area contributed by atoms with Crippen molar-refractivity contribution < 1.29 is 13.5 Å². The molecule has 0 spiro atoms. The summed E-state index contributed by atoms with van der Waals surface area (Å²) >= 11 is 0. The third-order valence-electron chi connectivity index (χ3n) is 4.49. The Morgan fingerprint density at radius 3 is 2.29 bits per heavy atom. The Balaban J connectivity index is 1.92.